The predicted octanol–water partition coefficient (Wildman–Crippen LogP) is 2.65. The molecule has 1 saturated carbocycles. The van der Waals surface area contributed by atoms with Crippen molar-refractivity contribution in [3.05, 3.63) is 42.0 Å². The SMILES string of the molecule is NCCNc1cnn(-c2ccccc2F)c1C1CCC1. The van der Waals surface area contributed by atoms with Gasteiger partial charge >= 0.3 is 0 Å². The van der Waals surface area contributed by atoms with Gasteiger partial charge in [0, 0.05) is 19.0 Å². The van der Waals surface area contributed by atoms with Crippen molar-refractivity contribution in [3.63, 3.8) is 0 Å². The summed E-state index contributed by atoms with van der Waals surface area (Å²) in [5.41, 5.74) is 8.10. The van der Waals surface area contributed by atoms with Crippen LogP contribution in [-0.4, -0.2) is 22.9 Å². The smallest absolute Gasteiger partial charge is 0.148 e. The Balaban J connectivity index is 2.02. The number of hydrogen-bond acceptors (Lipinski definition) is 3. The van der Waals surface area contributed by atoms with E-state index in [1.54, 1.807) is 23.0 Å². The highest BCUT2D eigenvalue weighted by Gasteiger charge is 2.27. The molecule has 0 unspecified atom stereocenters. The summed E-state index contributed by atoms with van der Waals surface area (Å²) in [4.78, 5) is 0. The van der Waals surface area contributed by atoms with Gasteiger partial charge in [-0.25, -0.2) is 9.07 Å². The summed E-state index contributed by atoms with van der Waals surface area (Å²) in [6.07, 6.45) is 5.27. The van der Waals surface area contributed by atoms with Crippen LogP contribution in [0.25, 0.3) is 5.69 Å². The highest BCUT2D eigenvalue weighted by Crippen LogP contribution is 2.40. The molecule has 0 atom stereocenters. The minimum atomic E-state index is -0.249. The summed E-state index contributed by atoms with van der Waals surface area (Å²) < 4.78 is 15.7. The fourth-order valence-corrected chi connectivity index (χ4v) is 2.59. The van der Waals surface area contributed by atoms with Crippen molar-refractivity contribution >= 4 is 5.69 Å². The zero-order valence-corrected chi connectivity index (χ0v) is 11.3. The van der Waals surface area contributed by atoms with Crippen molar-refractivity contribution in [2.45, 2.75) is 25.2 Å². The summed E-state index contributed by atoms with van der Waals surface area (Å²) in [7, 11) is 0. The molecule has 2 aromatic rings. The molecule has 106 valence electrons. The maximum atomic E-state index is 14.0. The molecule has 1 aromatic heterocycles. The number of halogens is 1. The Morgan fingerprint density at radius 2 is 2.15 bits per heavy atom. The van der Waals surface area contributed by atoms with Crippen LogP contribution in [0.2, 0.25) is 0 Å². The third kappa shape index (κ3) is 2.29. The lowest BCUT2D eigenvalue weighted by atomic mass is 9.82. The minimum Gasteiger partial charge on any atom is -0.381 e. The molecule has 0 radical (unpaired) electrons. The van der Waals surface area contributed by atoms with E-state index in [0.717, 1.165) is 24.2 Å². The zero-order valence-electron chi connectivity index (χ0n) is 11.3. The van der Waals surface area contributed by atoms with E-state index in [0.29, 0.717) is 24.7 Å². The Morgan fingerprint density at radius 3 is 2.80 bits per heavy atom. The van der Waals surface area contributed by atoms with Gasteiger partial charge in [-0.15, -0.1) is 0 Å². The van der Waals surface area contributed by atoms with Gasteiger partial charge in [0.15, 0.2) is 0 Å². The monoisotopic (exact) mass is 274 g/mol. The second kappa shape index (κ2) is 5.63. The quantitative estimate of drug-likeness (QED) is 0.881. The highest BCUT2D eigenvalue weighted by molar-refractivity contribution is 5.52. The molecule has 1 heterocycles. The Kier molecular flexibility index (Phi) is 3.69. The van der Waals surface area contributed by atoms with Gasteiger partial charge in [0.05, 0.1) is 17.6 Å². The lowest BCUT2D eigenvalue weighted by Gasteiger charge is -2.27. The lowest BCUT2D eigenvalue weighted by molar-refractivity contribution is 0.403. The van der Waals surface area contributed by atoms with Crippen molar-refractivity contribution in [3.8, 4) is 5.69 Å². The van der Waals surface area contributed by atoms with Crippen LogP contribution in [-0.2, 0) is 0 Å². The second-order valence-corrected chi connectivity index (χ2v) is 5.15. The van der Waals surface area contributed by atoms with E-state index < -0.39 is 0 Å². The first-order chi connectivity index (χ1) is 9.81. The normalized spacial score (nSPS) is 15.1. The van der Waals surface area contributed by atoms with E-state index in [9.17, 15) is 4.39 Å². The van der Waals surface area contributed by atoms with Crippen LogP contribution in [0.5, 0.6) is 0 Å². The molecule has 0 spiro atoms. The number of nitrogens with two attached hydrogens (primary N) is 1. The van der Waals surface area contributed by atoms with E-state index in [4.69, 9.17) is 5.73 Å². The molecule has 0 bridgehead atoms. The van der Waals surface area contributed by atoms with Gasteiger partial charge in [-0.05, 0) is 25.0 Å². The van der Waals surface area contributed by atoms with E-state index in [2.05, 4.69) is 10.4 Å². The minimum absolute atomic E-state index is 0.249. The maximum Gasteiger partial charge on any atom is 0.148 e. The topological polar surface area (TPSA) is 55.9 Å². The molecule has 5 heteroatoms. The molecule has 4 nitrogen and oxygen atoms in total. The summed E-state index contributed by atoms with van der Waals surface area (Å²) >= 11 is 0. The number of hydrogen-bond donors (Lipinski definition) is 2. The van der Waals surface area contributed by atoms with Crippen LogP contribution in [0.15, 0.2) is 30.5 Å². The molecule has 0 aliphatic heterocycles. The number of anilines is 1. The van der Waals surface area contributed by atoms with Crippen LogP contribution in [0.3, 0.4) is 0 Å². The molecular formula is C15H19FN4. The lowest BCUT2D eigenvalue weighted by Crippen LogP contribution is -2.19. The zero-order chi connectivity index (χ0) is 13.9. The molecule has 1 aromatic carbocycles. The summed E-state index contributed by atoms with van der Waals surface area (Å²) in [6, 6.07) is 6.75. The number of aromatic nitrogens is 2. The maximum absolute atomic E-state index is 14.0. The second-order valence-electron chi connectivity index (χ2n) is 5.15. The molecule has 3 N–H and O–H groups in total. The van der Waals surface area contributed by atoms with Crippen molar-refractivity contribution in [1.82, 2.24) is 9.78 Å². The Labute approximate surface area is 117 Å². The van der Waals surface area contributed by atoms with Crippen molar-refractivity contribution in [2.24, 2.45) is 5.73 Å². The fourth-order valence-electron chi connectivity index (χ4n) is 2.59. The van der Waals surface area contributed by atoms with Gasteiger partial charge < -0.3 is 11.1 Å². The number of rotatable bonds is 5. The van der Waals surface area contributed by atoms with Crippen LogP contribution in [0.1, 0.15) is 30.9 Å². The Morgan fingerprint density at radius 1 is 1.35 bits per heavy atom. The molecule has 1 aliphatic carbocycles. The fraction of sp³-hybridized carbons (Fsp3) is 0.400. The Hall–Kier alpha value is -1.88. The van der Waals surface area contributed by atoms with Gasteiger partial charge in [-0.1, -0.05) is 18.6 Å². The third-order valence-corrected chi connectivity index (χ3v) is 3.84. The first kappa shape index (κ1) is 13.1. The molecule has 0 amide bonds. The number of para-hydroxylation sites is 1. The van der Waals surface area contributed by atoms with E-state index in [-0.39, 0.29) is 5.82 Å². The van der Waals surface area contributed by atoms with E-state index in [1.807, 2.05) is 6.07 Å². The molecule has 1 aliphatic rings. The van der Waals surface area contributed by atoms with Gasteiger partial charge in [0.2, 0.25) is 0 Å². The first-order valence-corrected chi connectivity index (χ1v) is 7.08. The van der Waals surface area contributed by atoms with Gasteiger partial charge in [0.25, 0.3) is 0 Å². The average molecular weight is 274 g/mol. The standard InChI is InChI=1S/C15H19FN4/c16-12-6-1-2-7-14(12)20-15(11-4-3-5-11)13(10-19-20)18-9-8-17/h1-2,6-7,10-11,18H,3-5,8-9,17H2. The van der Waals surface area contributed by atoms with Crippen LogP contribution >= 0.6 is 0 Å². The molecular weight excluding hydrogens is 255 g/mol. The molecule has 1 fully saturated rings. The largest absolute Gasteiger partial charge is 0.381 e. The predicted molar refractivity (Wildman–Crippen MR) is 77.7 cm³/mol. The third-order valence-electron chi connectivity index (χ3n) is 3.84. The van der Waals surface area contributed by atoms with Crippen LogP contribution in [0, 0.1) is 5.82 Å². The van der Waals surface area contributed by atoms with Gasteiger partial charge in [-0.3, -0.25) is 0 Å². The summed E-state index contributed by atoms with van der Waals surface area (Å²) in [5.74, 6) is 0.207. The van der Waals surface area contributed by atoms with Gasteiger partial charge in [-0.2, -0.15) is 5.10 Å². The van der Waals surface area contributed by atoms with Crippen LogP contribution < -0.4 is 11.1 Å². The summed E-state index contributed by atoms with van der Waals surface area (Å²) in [6.45, 7) is 1.26. The Bertz CT molecular complexity index is 589. The molecule has 20 heavy (non-hydrogen) atoms. The van der Waals surface area contributed by atoms with Crippen molar-refractivity contribution < 1.29 is 4.39 Å². The van der Waals surface area contributed by atoms with Gasteiger partial charge in [0.1, 0.15) is 11.5 Å². The molecule has 3 rings (SSSR count). The average Bonchev–Trinajstić information content (AvgIpc) is 2.79. The first-order valence-electron chi connectivity index (χ1n) is 7.08. The summed E-state index contributed by atoms with van der Waals surface area (Å²) in [5, 5.41) is 7.67. The van der Waals surface area contributed by atoms with E-state index in [1.165, 1.54) is 12.5 Å². The number of nitrogens with one attached hydrogen (secondary N) is 1. The number of benzene rings is 1. The van der Waals surface area contributed by atoms with Crippen molar-refractivity contribution in [1.29, 1.82) is 0 Å². The molecule has 0 saturated heterocycles. The van der Waals surface area contributed by atoms with Crippen LogP contribution in [0.4, 0.5) is 10.1 Å². The highest BCUT2D eigenvalue weighted by atomic mass is 19.1. The van der Waals surface area contributed by atoms with E-state index >= 15 is 0 Å². The number of nitrogens with zero attached hydrogens (tertiary/aromatic N) is 2. The van der Waals surface area contributed by atoms with Crippen molar-refractivity contribution in [2.75, 3.05) is 18.4 Å².